The topological polar surface area (TPSA) is 97.1 Å². The van der Waals surface area contributed by atoms with Gasteiger partial charge in [-0.2, -0.15) is 0 Å². The molecule has 0 saturated carbocycles. The van der Waals surface area contributed by atoms with E-state index >= 15 is 0 Å². The minimum atomic E-state index is -3.15. The summed E-state index contributed by atoms with van der Waals surface area (Å²) in [6, 6.07) is 16.9. The van der Waals surface area contributed by atoms with E-state index in [0.29, 0.717) is 24.5 Å². The molecule has 2 N–H and O–H groups in total. The van der Waals surface area contributed by atoms with E-state index in [9.17, 15) is 9.67 Å². The van der Waals surface area contributed by atoms with Gasteiger partial charge in [-0.05, 0) is 49.7 Å². The van der Waals surface area contributed by atoms with Gasteiger partial charge in [0.05, 0.1) is 36.9 Å². The number of aromatic nitrogens is 1. The van der Waals surface area contributed by atoms with Gasteiger partial charge < -0.3 is 23.6 Å². The first-order chi connectivity index (χ1) is 15.5. The van der Waals surface area contributed by atoms with Crippen LogP contribution >= 0.6 is 7.60 Å². The van der Waals surface area contributed by atoms with E-state index in [0.717, 1.165) is 27.8 Å². The molecule has 0 bridgehead atoms. The van der Waals surface area contributed by atoms with Gasteiger partial charge in [0.2, 0.25) is 0 Å². The summed E-state index contributed by atoms with van der Waals surface area (Å²) in [6.07, 6.45) is 3.46. The Kier molecular flexibility index (Phi) is 6.61. The van der Waals surface area contributed by atoms with Crippen LogP contribution in [0.5, 0.6) is 5.88 Å². The minimum Gasteiger partial charge on any atom is -0.494 e. The van der Waals surface area contributed by atoms with Crippen LogP contribution in [0.25, 0.3) is 22.2 Å². The van der Waals surface area contributed by atoms with Gasteiger partial charge in [0.15, 0.2) is 5.88 Å². The molecular weight excluding hydrogens is 427 g/mol. The third-order valence-electron chi connectivity index (χ3n) is 4.93. The van der Waals surface area contributed by atoms with Gasteiger partial charge >= 0.3 is 7.60 Å². The van der Waals surface area contributed by atoms with Crippen molar-refractivity contribution in [3.8, 4) is 17.2 Å². The van der Waals surface area contributed by atoms with Gasteiger partial charge in [0, 0.05) is 22.7 Å². The molecule has 0 aliphatic rings. The fourth-order valence-corrected chi connectivity index (χ4v) is 5.21. The van der Waals surface area contributed by atoms with Crippen molar-refractivity contribution in [2.75, 3.05) is 13.2 Å². The molecule has 7 nitrogen and oxygen atoms in total. The normalized spacial score (nSPS) is 12.2. The molecule has 0 fully saturated rings. The predicted molar refractivity (Wildman–Crippen MR) is 126 cm³/mol. The molecule has 0 radical (unpaired) electrons. The van der Waals surface area contributed by atoms with Crippen molar-refractivity contribution in [1.29, 1.82) is 0 Å². The van der Waals surface area contributed by atoms with Crippen molar-refractivity contribution in [2.45, 2.75) is 20.0 Å². The summed E-state index contributed by atoms with van der Waals surface area (Å²) in [5, 5.41) is 11.2. The van der Waals surface area contributed by atoms with Gasteiger partial charge in [-0.1, -0.05) is 24.3 Å². The summed E-state index contributed by atoms with van der Waals surface area (Å²) < 4.78 is 28.8. The van der Waals surface area contributed by atoms with Gasteiger partial charge in [-0.25, -0.2) is 0 Å². The molecule has 4 aromatic rings. The molecule has 8 heteroatoms. The van der Waals surface area contributed by atoms with Crippen molar-refractivity contribution < 1.29 is 23.1 Å². The Morgan fingerprint density at radius 1 is 1.09 bits per heavy atom. The van der Waals surface area contributed by atoms with Gasteiger partial charge in [0.1, 0.15) is 5.76 Å². The largest absolute Gasteiger partial charge is 0.494 e. The maximum atomic E-state index is 12.7. The highest BCUT2D eigenvalue weighted by Crippen LogP contribution is 2.51. The van der Waals surface area contributed by atoms with Crippen LogP contribution in [0, 0.1) is 0 Å². The zero-order chi connectivity index (χ0) is 22.6. The van der Waals surface area contributed by atoms with Gasteiger partial charge in [-0.3, -0.25) is 9.56 Å². The number of aromatic amines is 1. The molecule has 0 unspecified atom stereocenters. The van der Waals surface area contributed by atoms with Crippen LogP contribution in [0.15, 0.2) is 70.3 Å². The lowest BCUT2D eigenvalue weighted by Gasteiger charge is -2.16. The average Bonchev–Trinajstić information content (AvgIpc) is 3.41. The molecule has 0 saturated heterocycles. The van der Waals surface area contributed by atoms with E-state index in [1.165, 1.54) is 0 Å². The minimum absolute atomic E-state index is 0.0475. The number of aliphatic imine (C=N–C) groups is 1. The molecule has 2 aromatic carbocycles. The molecule has 166 valence electrons. The van der Waals surface area contributed by atoms with E-state index in [1.807, 2.05) is 54.6 Å². The lowest BCUT2D eigenvalue weighted by atomic mass is 10.1. The average molecular weight is 452 g/mol. The Labute approximate surface area is 186 Å². The van der Waals surface area contributed by atoms with Gasteiger partial charge in [-0.15, -0.1) is 0 Å². The first kappa shape index (κ1) is 22.1. The van der Waals surface area contributed by atoms with Crippen LogP contribution in [0.1, 0.15) is 25.0 Å². The van der Waals surface area contributed by atoms with Crippen LogP contribution in [0.2, 0.25) is 0 Å². The molecule has 2 aromatic heterocycles. The Bertz CT molecular complexity index is 1250. The number of rotatable bonds is 9. The highest BCUT2D eigenvalue weighted by atomic mass is 31.2. The molecular formula is C24H25N2O5P. The molecule has 0 aliphatic heterocycles. The lowest BCUT2D eigenvalue weighted by molar-refractivity contribution is 0.219. The number of nitrogens with one attached hydrogen (secondary N) is 1. The SMILES string of the molecule is CCOP(=O)(Cc1ccc(N=Cc2c(O)[nH]c3cc(-c4ccco4)ccc23)cc1)OCC. The standard InChI is InChI=1S/C24H25N2O5P/c1-3-30-32(28,31-4-2)16-17-7-10-19(11-8-17)25-15-21-20-12-9-18(23-6-5-13-29-23)14-22(20)26-24(21)27/h5-15,26-27H,3-4,16H2,1-2H3. The van der Waals surface area contributed by atoms with Crippen molar-refractivity contribution in [2.24, 2.45) is 4.99 Å². The third-order valence-corrected chi connectivity index (χ3v) is 6.99. The fraction of sp³-hybridized carbons (Fsp3) is 0.208. The summed E-state index contributed by atoms with van der Waals surface area (Å²) >= 11 is 0. The molecule has 0 spiro atoms. The van der Waals surface area contributed by atoms with Gasteiger partial charge in [0.25, 0.3) is 0 Å². The third kappa shape index (κ3) is 4.86. The zero-order valence-electron chi connectivity index (χ0n) is 17.9. The Morgan fingerprint density at radius 3 is 2.50 bits per heavy atom. The van der Waals surface area contributed by atoms with Crippen LogP contribution < -0.4 is 0 Å². The molecule has 32 heavy (non-hydrogen) atoms. The van der Waals surface area contributed by atoms with Crippen molar-refractivity contribution in [1.82, 2.24) is 4.98 Å². The predicted octanol–water partition coefficient (Wildman–Crippen LogP) is 6.65. The summed E-state index contributed by atoms with van der Waals surface area (Å²) in [5.41, 5.74) is 3.86. The number of hydrogen-bond donors (Lipinski definition) is 2. The quantitative estimate of drug-likeness (QED) is 0.219. The summed E-state index contributed by atoms with van der Waals surface area (Å²) in [5.74, 6) is 0.806. The highest BCUT2D eigenvalue weighted by Gasteiger charge is 2.23. The monoisotopic (exact) mass is 452 g/mol. The number of furan rings is 1. The summed E-state index contributed by atoms with van der Waals surface area (Å²) in [7, 11) is -3.15. The summed E-state index contributed by atoms with van der Waals surface area (Å²) in [4.78, 5) is 7.48. The number of fused-ring (bicyclic) bond motifs is 1. The molecule has 2 heterocycles. The van der Waals surface area contributed by atoms with E-state index in [1.54, 1.807) is 26.3 Å². The molecule has 0 aliphatic carbocycles. The van der Waals surface area contributed by atoms with Crippen molar-refractivity contribution >= 4 is 30.4 Å². The van der Waals surface area contributed by atoms with E-state index < -0.39 is 7.60 Å². The number of H-pyrrole nitrogens is 1. The first-order valence-corrected chi connectivity index (χ1v) is 12.1. The van der Waals surface area contributed by atoms with E-state index in [-0.39, 0.29) is 12.0 Å². The second kappa shape index (κ2) is 9.57. The van der Waals surface area contributed by atoms with E-state index in [2.05, 4.69) is 9.98 Å². The van der Waals surface area contributed by atoms with E-state index in [4.69, 9.17) is 13.5 Å². The number of benzene rings is 2. The number of aromatic hydroxyl groups is 1. The van der Waals surface area contributed by atoms with Crippen LogP contribution in [-0.2, 0) is 19.8 Å². The molecule has 0 atom stereocenters. The van der Waals surface area contributed by atoms with Crippen LogP contribution in [0.4, 0.5) is 5.69 Å². The van der Waals surface area contributed by atoms with Crippen molar-refractivity contribution in [3.05, 3.63) is 72.0 Å². The second-order valence-corrected chi connectivity index (χ2v) is 9.21. The van der Waals surface area contributed by atoms with Crippen molar-refractivity contribution in [3.63, 3.8) is 0 Å². The molecule has 4 rings (SSSR count). The maximum absolute atomic E-state index is 12.7. The second-order valence-electron chi connectivity index (χ2n) is 7.15. The van der Waals surface area contributed by atoms with Crippen LogP contribution in [-0.4, -0.2) is 29.5 Å². The van der Waals surface area contributed by atoms with Crippen LogP contribution in [0.3, 0.4) is 0 Å². The Balaban J connectivity index is 1.53. The highest BCUT2D eigenvalue weighted by molar-refractivity contribution is 7.53. The fourth-order valence-electron chi connectivity index (χ4n) is 3.50. The smallest absolute Gasteiger partial charge is 0.335 e. The number of nitrogens with zero attached hydrogens (tertiary/aromatic N) is 1. The lowest BCUT2D eigenvalue weighted by Crippen LogP contribution is -1.98. The Hall–Kier alpha value is -3.12. The molecule has 0 amide bonds. The summed E-state index contributed by atoms with van der Waals surface area (Å²) in [6.45, 7) is 4.25. The Morgan fingerprint density at radius 2 is 1.84 bits per heavy atom. The number of hydrogen-bond acceptors (Lipinski definition) is 6. The maximum Gasteiger partial charge on any atom is 0.335 e. The zero-order valence-corrected chi connectivity index (χ0v) is 18.8. The first-order valence-electron chi connectivity index (χ1n) is 10.4.